The minimum Gasteiger partial charge on any atom is -0.497 e. The Morgan fingerprint density at radius 2 is 1.56 bits per heavy atom. The number of ether oxygens (including phenoxy) is 2. The second-order valence-corrected chi connectivity index (χ2v) is 5.61. The highest BCUT2D eigenvalue weighted by atomic mass is 16.5. The monoisotopic (exact) mass is 379 g/mol. The molecule has 0 heterocycles. The van der Waals surface area contributed by atoms with E-state index < -0.39 is 0 Å². The Morgan fingerprint density at radius 3 is 1.85 bits per heavy atom. The van der Waals surface area contributed by atoms with Gasteiger partial charge in [0, 0.05) is 13.7 Å². The van der Waals surface area contributed by atoms with Crippen LogP contribution in [0.15, 0.2) is 49.2 Å². The normalized spacial score (nSPS) is 10.2. The Balaban J connectivity index is -0.000000347. The molecule has 0 saturated carbocycles. The van der Waals surface area contributed by atoms with Crippen LogP contribution in [0.5, 0.6) is 5.75 Å². The molecule has 1 aromatic carbocycles. The molecule has 0 fully saturated rings. The smallest absolute Gasteiger partial charge is 0.118 e. The van der Waals surface area contributed by atoms with E-state index in [4.69, 9.17) is 9.47 Å². The molecule has 0 saturated heterocycles. The van der Waals surface area contributed by atoms with Crippen LogP contribution in [0, 0.1) is 0 Å². The fourth-order valence-electron chi connectivity index (χ4n) is 1.63. The van der Waals surface area contributed by atoms with Gasteiger partial charge >= 0.3 is 0 Å². The summed E-state index contributed by atoms with van der Waals surface area (Å²) in [4.78, 5) is 0. The molecular formula is C24H45NO2. The van der Waals surface area contributed by atoms with E-state index >= 15 is 0 Å². The number of hydrogen-bond acceptors (Lipinski definition) is 3. The third kappa shape index (κ3) is 24.3. The van der Waals surface area contributed by atoms with Crippen LogP contribution in [0.3, 0.4) is 0 Å². The SMILES string of the molecule is C/C=C/NCc1ccc(OC)cc1.C=CC(C)OC.CC.CCCCCC. The van der Waals surface area contributed by atoms with E-state index in [0.29, 0.717) is 0 Å². The van der Waals surface area contributed by atoms with Crippen LogP contribution in [-0.2, 0) is 11.3 Å². The van der Waals surface area contributed by atoms with Gasteiger partial charge in [0.15, 0.2) is 0 Å². The second kappa shape index (κ2) is 26.5. The maximum atomic E-state index is 5.06. The fraction of sp³-hybridized carbons (Fsp3) is 0.583. The van der Waals surface area contributed by atoms with Crippen LogP contribution in [0.2, 0.25) is 0 Å². The lowest BCUT2D eigenvalue weighted by molar-refractivity contribution is 0.156. The third-order valence-corrected chi connectivity index (χ3v) is 3.41. The van der Waals surface area contributed by atoms with Gasteiger partial charge in [-0.05, 0) is 37.7 Å². The van der Waals surface area contributed by atoms with Crippen LogP contribution < -0.4 is 10.1 Å². The Kier molecular flexibility index (Phi) is 29.4. The molecule has 1 unspecified atom stereocenters. The van der Waals surface area contributed by atoms with Gasteiger partial charge < -0.3 is 14.8 Å². The predicted molar refractivity (Wildman–Crippen MR) is 122 cm³/mol. The Labute approximate surface area is 169 Å². The van der Waals surface area contributed by atoms with E-state index in [2.05, 4.69) is 37.9 Å². The van der Waals surface area contributed by atoms with Crippen molar-refractivity contribution in [3.05, 3.63) is 54.8 Å². The first-order chi connectivity index (χ1) is 13.1. The van der Waals surface area contributed by atoms with Crippen LogP contribution in [-0.4, -0.2) is 20.3 Å². The zero-order chi connectivity index (χ0) is 21.3. The molecule has 1 rings (SSSR count). The molecule has 0 aliphatic heterocycles. The summed E-state index contributed by atoms with van der Waals surface area (Å²) in [5, 5.41) is 3.17. The maximum absolute atomic E-state index is 5.06. The molecule has 3 nitrogen and oxygen atoms in total. The summed E-state index contributed by atoms with van der Waals surface area (Å²) in [6, 6.07) is 8.03. The molecule has 158 valence electrons. The maximum Gasteiger partial charge on any atom is 0.118 e. The lowest BCUT2D eigenvalue weighted by Gasteiger charge is -2.02. The molecule has 1 atom stereocenters. The van der Waals surface area contributed by atoms with Crippen molar-refractivity contribution in [3.63, 3.8) is 0 Å². The van der Waals surface area contributed by atoms with Gasteiger partial charge in [-0.3, -0.25) is 0 Å². The molecule has 1 N–H and O–H groups in total. The lowest BCUT2D eigenvalue weighted by atomic mass is 10.2. The molecule has 0 radical (unpaired) electrons. The van der Waals surface area contributed by atoms with Crippen molar-refractivity contribution < 1.29 is 9.47 Å². The van der Waals surface area contributed by atoms with Crippen LogP contribution in [0.25, 0.3) is 0 Å². The molecule has 27 heavy (non-hydrogen) atoms. The average Bonchev–Trinajstić information content (AvgIpc) is 2.74. The Morgan fingerprint density at radius 1 is 1.04 bits per heavy atom. The lowest BCUT2D eigenvalue weighted by Crippen LogP contribution is -2.03. The first-order valence-corrected chi connectivity index (χ1v) is 10.2. The Hall–Kier alpha value is -1.74. The summed E-state index contributed by atoms with van der Waals surface area (Å²) >= 11 is 0. The van der Waals surface area contributed by atoms with Gasteiger partial charge in [-0.2, -0.15) is 0 Å². The highest BCUT2D eigenvalue weighted by Gasteiger charge is 1.91. The second-order valence-electron chi connectivity index (χ2n) is 5.61. The van der Waals surface area contributed by atoms with E-state index in [0.717, 1.165) is 12.3 Å². The van der Waals surface area contributed by atoms with Gasteiger partial charge in [-0.15, -0.1) is 6.58 Å². The summed E-state index contributed by atoms with van der Waals surface area (Å²) in [6.45, 7) is 16.8. The van der Waals surface area contributed by atoms with Crippen molar-refractivity contribution in [1.29, 1.82) is 0 Å². The number of nitrogens with one attached hydrogen (secondary N) is 1. The van der Waals surface area contributed by atoms with Gasteiger partial charge in [0.25, 0.3) is 0 Å². The highest BCUT2D eigenvalue weighted by Crippen LogP contribution is 2.10. The molecule has 0 aliphatic rings. The molecular weight excluding hydrogens is 334 g/mol. The Bertz CT molecular complexity index is 409. The van der Waals surface area contributed by atoms with Crippen molar-refractivity contribution in [1.82, 2.24) is 5.32 Å². The van der Waals surface area contributed by atoms with Crippen molar-refractivity contribution in [3.8, 4) is 5.75 Å². The van der Waals surface area contributed by atoms with Crippen molar-refractivity contribution >= 4 is 0 Å². The summed E-state index contributed by atoms with van der Waals surface area (Å²) in [5.74, 6) is 0.898. The third-order valence-electron chi connectivity index (χ3n) is 3.41. The summed E-state index contributed by atoms with van der Waals surface area (Å²) < 4.78 is 9.84. The summed E-state index contributed by atoms with van der Waals surface area (Å²) in [6.07, 6.45) is 11.4. The van der Waals surface area contributed by atoms with Crippen molar-refractivity contribution in [2.24, 2.45) is 0 Å². The van der Waals surface area contributed by atoms with E-state index in [1.54, 1.807) is 20.3 Å². The van der Waals surface area contributed by atoms with Gasteiger partial charge in [-0.25, -0.2) is 0 Å². The standard InChI is InChI=1S/C11H15NO.C6H14.C5H10O.C2H6/c1-3-8-12-9-10-4-6-11(13-2)7-5-10;1-3-5-6-4-2;1-4-5(2)6-3;1-2/h3-8,12H,9H2,1-2H3;3-6H2,1-2H3;4-5H,1H2,2-3H3;1-2H3/b8-3+;;;. The minimum atomic E-state index is 0.199. The van der Waals surface area contributed by atoms with Crippen LogP contribution in [0.4, 0.5) is 0 Å². The topological polar surface area (TPSA) is 30.5 Å². The predicted octanol–water partition coefficient (Wildman–Crippen LogP) is 7.14. The van der Waals surface area contributed by atoms with Crippen molar-refractivity contribution in [2.45, 2.75) is 79.9 Å². The zero-order valence-corrected chi connectivity index (χ0v) is 19.2. The van der Waals surface area contributed by atoms with E-state index in [1.807, 2.05) is 52.1 Å². The van der Waals surface area contributed by atoms with Gasteiger partial charge in [-0.1, -0.05) is 77.7 Å². The molecule has 1 aromatic rings. The molecule has 0 amide bonds. The average molecular weight is 380 g/mol. The van der Waals surface area contributed by atoms with Crippen LogP contribution >= 0.6 is 0 Å². The number of rotatable bonds is 9. The van der Waals surface area contributed by atoms with E-state index in [1.165, 1.54) is 31.2 Å². The number of hydrogen-bond donors (Lipinski definition) is 1. The molecule has 0 bridgehead atoms. The molecule has 0 spiro atoms. The van der Waals surface area contributed by atoms with Gasteiger partial charge in [0.05, 0.1) is 13.2 Å². The molecule has 3 heteroatoms. The van der Waals surface area contributed by atoms with Gasteiger partial charge in [0.2, 0.25) is 0 Å². The first kappa shape index (κ1) is 30.0. The fourth-order valence-corrected chi connectivity index (χ4v) is 1.63. The quantitative estimate of drug-likeness (QED) is 0.365. The van der Waals surface area contributed by atoms with Crippen LogP contribution in [0.1, 0.15) is 72.8 Å². The van der Waals surface area contributed by atoms with Crippen molar-refractivity contribution in [2.75, 3.05) is 14.2 Å². The summed E-state index contributed by atoms with van der Waals surface area (Å²) in [5.41, 5.74) is 1.25. The number of methoxy groups -OCH3 is 2. The number of benzene rings is 1. The largest absolute Gasteiger partial charge is 0.497 e. The molecule has 0 aromatic heterocycles. The van der Waals surface area contributed by atoms with E-state index in [9.17, 15) is 0 Å². The number of unbranched alkanes of at least 4 members (excludes halogenated alkanes) is 3. The minimum absolute atomic E-state index is 0.199. The first-order valence-electron chi connectivity index (χ1n) is 10.2. The zero-order valence-electron chi connectivity index (χ0n) is 19.2. The van der Waals surface area contributed by atoms with Gasteiger partial charge in [0.1, 0.15) is 5.75 Å². The van der Waals surface area contributed by atoms with E-state index in [-0.39, 0.29) is 6.10 Å². The number of allylic oxidation sites excluding steroid dienone is 1. The highest BCUT2D eigenvalue weighted by molar-refractivity contribution is 5.27. The summed E-state index contributed by atoms with van der Waals surface area (Å²) in [7, 11) is 3.33. The molecule has 0 aliphatic carbocycles.